The number of nitrogens with zero attached hydrogens (tertiary/aromatic N) is 1. The lowest BCUT2D eigenvalue weighted by Gasteiger charge is -2.15. The van der Waals surface area contributed by atoms with Crippen LogP contribution in [0.15, 0.2) is 42.5 Å². The zero-order valence-electron chi connectivity index (χ0n) is 17.6. The van der Waals surface area contributed by atoms with Crippen LogP contribution in [0.1, 0.15) is 61.9 Å². The molecule has 0 saturated heterocycles. The van der Waals surface area contributed by atoms with Crippen LogP contribution in [0, 0.1) is 5.92 Å². The van der Waals surface area contributed by atoms with Gasteiger partial charge in [0.25, 0.3) is 0 Å². The SMILES string of the molecule is CC1CCCCC1.CCc1ccc(Nc2nc3ccc(C(=O)OC)cc3[nH]2)cc1. The van der Waals surface area contributed by atoms with E-state index in [9.17, 15) is 4.79 Å². The number of H-pyrrole nitrogens is 1. The molecule has 0 spiro atoms. The van der Waals surface area contributed by atoms with Crippen molar-refractivity contribution in [3.05, 3.63) is 53.6 Å². The summed E-state index contributed by atoms with van der Waals surface area (Å²) >= 11 is 0. The van der Waals surface area contributed by atoms with Crippen LogP contribution in [0.4, 0.5) is 11.6 Å². The molecule has 2 N–H and O–H groups in total. The average molecular weight is 394 g/mol. The van der Waals surface area contributed by atoms with E-state index in [0.717, 1.165) is 29.1 Å². The van der Waals surface area contributed by atoms with Gasteiger partial charge >= 0.3 is 5.97 Å². The third-order valence-electron chi connectivity index (χ3n) is 5.42. The number of ether oxygens (including phenoxy) is 1. The largest absolute Gasteiger partial charge is 0.465 e. The Hall–Kier alpha value is -2.82. The number of aromatic nitrogens is 2. The van der Waals surface area contributed by atoms with Gasteiger partial charge in [0.15, 0.2) is 0 Å². The molecule has 29 heavy (non-hydrogen) atoms. The number of rotatable bonds is 4. The van der Waals surface area contributed by atoms with Crippen LogP contribution in [0.5, 0.6) is 0 Å². The highest BCUT2D eigenvalue weighted by atomic mass is 16.5. The van der Waals surface area contributed by atoms with Gasteiger partial charge < -0.3 is 15.0 Å². The first kappa shape index (κ1) is 20.9. The summed E-state index contributed by atoms with van der Waals surface area (Å²) in [4.78, 5) is 19.2. The molecule has 5 heteroatoms. The minimum Gasteiger partial charge on any atom is -0.465 e. The van der Waals surface area contributed by atoms with E-state index in [0.29, 0.717) is 11.5 Å². The maximum absolute atomic E-state index is 11.5. The molecule has 5 nitrogen and oxygen atoms in total. The fraction of sp³-hybridized carbons (Fsp3) is 0.417. The molecule has 4 rings (SSSR count). The second-order valence-corrected chi connectivity index (χ2v) is 7.73. The molecular weight excluding hydrogens is 362 g/mol. The van der Waals surface area contributed by atoms with Gasteiger partial charge in [-0.3, -0.25) is 0 Å². The Balaban J connectivity index is 0.000000290. The summed E-state index contributed by atoms with van der Waals surface area (Å²) in [6, 6.07) is 13.4. The predicted octanol–water partition coefficient (Wildman–Crippen LogP) is 6.24. The van der Waals surface area contributed by atoms with Crippen molar-refractivity contribution in [1.82, 2.24) is 9.97 Å². The van der Waals surface area contributed by atoms with Crippen molar-refractivity contribution in [3.8, 4) is 0 Å². The Kier molecular flexibility index (Phi) is 7.28. The minimum absolute atomic E-state index is 0.360. The van der Waals surface area contributed by atoms with Gasteiger partial charge in [-0.05, 0) is 48.2 Å². The molecule has 0 aliphatic heterocycles. The highest BCUT2D eigenvalue weighted by molar-refractivity contribution is 5.94. The van der Waals surface area contributed by atoms with Crippen LogP contribution in [0.2, 0.25) is 0 Å². The van der Waals surface area contributed by atoms with E-state index >= 15 is 0 Å². The first-order valence-corrected chi connectivity index (χ1v) is 10.5. The third kappa shape index (κ3) is 5.83. The first-order valence-electron chi connectivity index (χ1n) is 10.5. The fourth-order valence-corrected chi connectivity index (χ4v) is 3.58. The highest BCUT2D eigenvalue weighted by Crippen LogP contribution is 2.22. The topological polar surface area (TPSA) is 67.0 Å². The fourth-order valence-electron chi connectivity index (χ4n) is 3.58. The molecule has 1 aliphatic rings. The summed E-state index contributed by atoms with van der Waals surface area (Å²) in [6.45, 7) is 4.49. The molecule has 0 atom stereocenters. The molecule has 0 radical (unpaired) electrons. The van der Waals surface area contributed by atoms with Gasteiger partial charge in [0.2, 0.25) is 5.95 Å². The predicted molar refractivity (Wildman–Crippen MR) is 119 cm³/mol. The normalized spacial score (nSPS) is 14.2. The maximum atomic E-state index is 11.5. The summed E-state index contributed by atoms with van der Waals surface area (Å²) in [5.41, 5.74) is 4.33. The summed E-state index contributed by atoms with van der Waals surface area (Å²) in [6.07, 6.45) is 8.45. The van der Waals surface area contributed by atoms with Crippen molar-refractivity contribution in [2.75, 3.05) is 12.4 Å². The number of hydrogen-bond donors (Lipinski definition) is 2. The van der Waals surface area contributed by atoms with Gasteiger partial charge in [-0.2, -0.15) is 0 Å². The monoisotopic (exact) mass is 393 g/mol. The van der Waals surface area contributed by atoms with Crippen molar-refractivity contribution in [3.63, 3.8) is 0 Å². The Bertz CT molecular complexity index is 925. The molecule has 2 aromatic carbocycles. The lowest BCUT2D eigenvalue weighted by Crippen LogP contribution is -2.00. The number of fused-ring (bicyclic) bond motifs is 1. The number of anilines is 2. The quantitative estimate of drug-likeness (QED) is 0.515. The zero-order valence-corrected chi connectivity index (χ0v) is 17.6. The van der Waals surface area contributed by atoms with Gasteiger partial charge in [-0.15, -0.1) is 0 Å². The van der Waals surface area contributed by atoms with Crippen molar-refractivity contribution in [2.45, 2.75) is 52.4 Å². The number of benzene rings is 2. The molecule has 0 unspecified atom stereocenters. The van der Waals surface area contributed by atoms with Crippen LogP contribution in [0.25, 0.3) is 11.0 Å². The number of carbonyl (C=O) groups excluding carboxylic acids is 1. The lowest BCUT2D eigenvalue weighted by molar-refractivity contribution is 0.0601. The smallest absolute Gasteiger partial charge is 0.337 e. The molecule has 0 bridgehead atoms. The van der Waals surface area contributed by atoms with E-state index in [1.165, 1.54) is 44.8 Å². The molecular formula is C24H31N3O2. The number of aromatic amines is 1. The van der Waals surface area contributed by atoms with Crippen LogP contribution < -0.4 is 5.32 Å². The standard InChI is InChI=1S/C17H17N3O2.C7H14/c1-3-11-4-7-13(8-5-11)18-17-19-14-9-6-12(16(21)22-2)10-15(14)20-17;1-7-5-3-2-4-6-7/h4-10H,3H2,1-2H3,(H2,18,19,20);7H,2-6H2,1H3. The molecule has 1 aromatic heterocycles. The van der Waals surface area contributed by atoms with E-state index in [2.05, 4.69) is 41.3 Å². The number of imidazole rings is 1. The Labute approximate surface area is 172 Å². The average Bonchev–Trinajstić information content (AvgIpc) is 3.16. The zero-order chi connectivity index (χ0) is 20.6. The maximum Gasteiger partial charge on any atom is 0.337 e. The van der Waals surface area contributed by atoms with Crippen LogP contribution in [-0.2, 0) is 11.2 Å². The number of methoxy groups -OCH3 is 1. The number of esters is 1. The number of nitrogens with one attached hydrogen (secondary N) is 2. The van der Waals surface area contributed by atoms with E-state index in [1.807, 2.05) is 12.1 Å². The van der Waals surface area contributed by atoms with Gasteiger partial charge in [0.1, 0.15) is 0 Å². The van der Waals surface area contributed by atoms with Gasteiger partial charge in [0, 0.05) is 5.69 Å². The number of hydrogen-bond acceptors (Lipinski definition) is 4. The Morgan fingerprint density at radius 3 is 2.45 bits per heavy atom. The molecule has 1 heterocycles. The van der Waals surface area contributed by atoms with E-state index in [-0.39, 0.29) is 5.97 Å². The third-order valence-corrected chi connectivity index (χ3v) is 5.42. The molecule has 1 saturated carbocycles. The van der Waals surface area contributed by atoms with Crippen molar-refractivity contribution in [2.24, 2.45) is 5.92 Å². The summed E-state index contributed by atoms with van der Waals surface area (Å²) in [5.74, 6) is 1.32. The van der Waals surface area contributed by atoms with E-state index < -0.39 is 0 Å². The van der Waals surface area contributed by atoms with E-state index in [4.69, 9.17) is 4.74 Å². The Morgan fingerprint density at radius 2 is 1.86 bits per heavy atom. The second-order valence-electron chi connectivity index (χ2n) is 7.73. The Morgan fingerprint density at radius 1 is 1.14 bits per heavy atom. The molecule has 1 aliphatic carbocycles. The van der Waals surface area contributed by atoms with Crippen LogP contribution >= 0.6 is 0 Å². The number of carbonyl (C=O) groups is 1. The van der Waals surface area contributed by atoms with Crippen molar-refractivity contribution >= 4 is 28.6 Å². The second kappa shape index (κ2) is 10.1. The summed E-state index contributed by atoms with van der Waals surface area (Å²) in [7, 11) is 1.37. The van der Waals surface area contributed by atoms with Gasteiger partial charge in [-0.25, -0.2) is 9.78 Å². The summed E-state index contributed by atoms with van der Waals surface area (Å²) < 4.78 is 4.72. The van der Waals surface area contributed by atoms with Crippen LogP contribution in [0.3, 0.4) is 0 Å². The highest BCUT2D eigenvalue weighted by Gasteiger charge is 2.09. The molecule has 154 valence electrons. The van der Waals surface area contributed by atoms with Crippen molar-refractivity contribution < 1.29 is 9.53 Å². The lowest BCUT2D eigenvalue weighted by atomic mass is 9.91. The van der Waals surface area contributed by atoms with Crippen LogP contribution in [-0.4, -0.2) is 23.0 Å². The first-order chi connectivity index (χ1) is 14.1. The van der Waals surface area contributed by atoms with E-state index in [1.54, 1.807) is 18.2 Å². The van der Waals surface area contributed by atoms with Gasteiger partial charge in [-0.1, -0.05) is 58.1 Å². The molecule has 3 aromatic rings. The molecule has 1 fully saturated rings. The summed E-state index contributed by atoms with van der Waals surface area (Å²) in [5, 5.41) is 3.22. The minimum atomic E-state index is -0.360. The van der Waals surface area contributed by atoms with Crippen molar-refractivity contribution in [1.29, 1.82) is 0 Å². The van der Waals surface area contributed by atoms with Gasteiger partial charge in [0.05, 0.1) is 23.7 Å². The number of aryl methyl sites for hydroxylation is 1. The molecule has 0 amide bonds.